The highest BCUT2D eigenvalue weighted by Gasteiger charge is 2.25. The van der Waals surface area contributed by atoms with Crippen molar-refractivity contribution >= 4 is 15.8 Å². The largest absolute Gasteiger partial charge is 0.384 e. The zero-order chi connectivity index (χ0) is 13.9. The standard InChI is InChI=1S/C12H19N3O3S/c1-15(9-10-4-6-18-7-5-10)19(16,17)11-2-3-12(13)14-8-11/h2-3,8,10H,4-7,9H2,1H3,(H2,13,14). The third-order valence-electron chi connectivity index (χ3n) is 3.32. The molecule has 1 aromatic heterocycles. The van der Waals surface area contributed by atoms with Crippen LogP contribution >= 0.6 is 0 Å². The Hall–Kier alpha value is -1.18. The highest BCUT2D eigenvalue weighted by Crippen LogP contribution is 2.20. The van der Waals surface area contributed by atoms with Gasteiger partial charge in [0, 0.05) is 33.0 Å². The van der Waals surface area contributed by atoms with Crippen molar-refractivity contribution in [3.05, 3.63) is 18.3 Å². The van der Waals surface area contributed by atoms with Crippen molar-refractivity contribution < 1.29 is 13.2 Å². The second kappa shape index (κ2) is 5.85. The van der Waals surface area contributed by atoms with Crippen LogP contribution in [0.25, 0.3) is 0 Å². The minimum absolute atomic E-state index is 0.177. The van der Waals surface area contributed by atoms with E-state index in [0.717, 1.165) is 12.8 Å². The number of nitrogen functional groups attached to an aromatic ring is 1. The molecule has 1 fully saturated rings. The van der Waals surface area contributed by atoms with Crippen LogP contribution in [0.3, 0.4) is 0 Å². The lowest BCUT2D eigenvalue weighted by Gasteiger charge is -2.26. The van der Waals surface area contributed by atoms with E-state index < -0.39 is 10.0 Å². The SMILES string of the molecule is CN(CC1CCOCC1)S(=O)(=O)c1ccc(N)nc1. The summed E-state index contributed by atoms with van der Waals surface area (Å²) in [5.41, 5.74) is 5.46. The maximum Gasteiger partial charge on any atom is 0.244 e. The van der Waals surface area contributed by atoms with Gasteiger partial charge >= 0.3 is 0 Å². The fourth-order valence-corrected chi connectivity index (χ4v) is 3.31. The summed E-state index contributed by atoms with van der Waals surface area (Å²) in [7, 11) is -1.88. The van der Waals surface area contributed by atoms with Gasteiger partial charge in [0.05, 0.1) is 0 Å². The summed E-state index contributed by atoms with van der Waals surface area (Å²) in [5, 5.41) is 0. The lowest BCUT2D eigenvalue weighted by molar-refractivity contribution is 0.0620. The fraction of sp³-hybridized carbons (Fsp3) is 0.583. The van der Waals surface area contributed by atoms with E-state index in [9.17, 15) is 8.42 Å². The maximum absolute atomic E-state index is 12.3. The predicted molar refractivity (Wildman–Crippen MR) is 72.0 cm³/mol. The van der Waals surface area contributed by atoms with Gasteiger partial charge in [-0.3, -0.25) is 0 Å². The third-order valence-corrected chi connectivity index (χ3v) is 5.13. The third kappa shape index (κ3) is 3.43. The Morgan fingerprint density at radius 3 is 2.68 bits per heavy atom. The first kappa shape index (κ1) is 14.2. The first-order chi connectivity index (χ1) is 9.00. The summed E-state index contributed by atoms with van der Waals surface area (Å²) >= 11 is 0. The topological polar surface area (TPSA) is 85.5 Å². The molecular formula is C12H19N3O3S. The minimum atomic E-state index is -3.48. The summed E-state index contributed by atoms with van der Waals surface area (Å²) in [6.07, 6.45) is 3.10. The van der Waals surface area contributed by atoms with E-state index in [1.165, 1.54) is 22.6 Å². The van der Waals surface area contributed by atoms with Gasteiger partial charge in [-0.2, -0.15) is 0 Å². The number of hydrogen-bond donors (Lipinski definition) is 1. The Morgan fingerprint density at radius 2 is 2.11 bits per heavy atom. The van der Waals surface area contributed by atoms with E-state index in [2.05, 4.69) is 4.98 Å². The van der Waals surface area contributed by atoms with Crippen molar-refractivity contribution in [2.75, 3.05) is 32.5 Å². The van der Waals surface area contributed by atoms with Crippen LogP contribution < -0.4 is 5.73 Å². The van der Waals surface area contributed by atoms with Gasteiger partial charge in [0.25, 0.3) is 0 Å². The Morgan fingerprint density at radius 1 is 1.42 bits per heavy atom. The number of aromatic nitrogens is 1. The zero-order valence-corrected chi connectivity index (χ0v) is 11.8. The summed E-state index contributed by atoms with van der Waals surface area (Å²) in [6, 6.07) is 2.98. The van der Waals surface area contributed by atoms with Gasteiger partial charge in [0.2, 0.25) is 10.0 Å². The molecule has 2 N–H and O–H groups in total. The molecule has 1 aromatic rings. The van der Waals surface area contributed by atoms with Gasteiger partial charge in [-0.15, -0.1) is 0 Å². The van der Waals surface area contributed by atoms with Crippen molar-refractivity contribution in [1.82, 2.24) is 9.29 Å². The summed E-state index contributed by atoms with van der Waals surface area (Å²) < 4.78 is 31.3. The van der Waals surface area contributed by atoms with Crippen LogP contribution in [0.2, 0.25) is 0 Å². The number of rotatable bonds is 4. The van der Waals surface area contributed by atoms with Crippen molar-refractivity contribution in [3.8, 4) is 0 Å². The number of sulfonamides is 1. The normalized spacial score (nSPS) is 17.8. The molecule has 7 heteroatoms. The van der Waals surface area contributed by atoms with Crippen molar-refractivity contribution in [2.45, 2.75) is 17.7 Å². The van der Waals surface area contributed by atoms with Crippen LogP contribution in [0, 0.1) is 5.92 Å². The molecule has 0 spiro atoms. The molecule has 0 saturated carbocycles. The van der Waals surface area contributed by atoms with Gasteiger partial charge in [-0.25, -0.2) is 17.7 Å². The molecule has 0 amide bonds. The molecule has 0 aliphatic carbocycles. The second-order valence-corrected chi connectivity index (χ2v) is 6.80. The Bertz CT molecular complexity index is 510. The lowest BCUT2D eigenvalue weighted by Crippen LogP contribution is -2.34. The highest BCUT2D eigenvalue weighted by atomic mass is 32.2. The Kier molecular flexibility index (Phi) is 4.38. The van der Waals surface area contributed by atoms with E-state index in [1.807, 2.05) is 0 Å². The molecule has 6 nitrogen and oxygen atoms in total. The van der Waals surface area contributed by atoms with Gasteiger partial charge < -0.3 is 10.5 Å². The molecule has 2 rings (SSSR count). The number of nitrogens with zero attached hydrogens (tertiary/aromatic N) is 2. The first-order valence-electron chi connectivity index (χ1n) is 6.26. The molecule has 0 bridgehead atoms. The van der Waals surface area contributed by atoms with E-state index in [1.54, 1.807) is 7.05 Å². The molecule has 0 unspecified atom stereocenters. The molecule has 1 aliphatic rings. The minimum Gasteiger partial charge on any atom is -0.384 e. The predicted octanol–water partition coefficient (Wildman–Crippen LogP) is 0.711. The van der Waals surface area contributed by atoms with Gasteiger partial charge in [-0.1, -0.05) is 0 Å². The summed E-state index contributed by atoms with van der Waals surface area (Å²) in [6.45, 7) is 1.93. The van der Waals surface area contributed by atoms with Crippen molar-refractivity contribution in [2.24, 2.45) is 5.92 Å². The molecule has 0 radical (unpaired) electrons. The van der Waals surface area contributed by atoms with Crippen LogP contribution in [0.1, 0.15) is 12.8 Å². The lowest BCUT2D eigenvalue weighted by atomic mass is 10.0. The molecule has 1 saturated heterocycles. The number of pyridine rings is 1. The maximum atomic E-state index is 12.3. The number of hydrogen-bond acceptors (Lipinski definition) is 5. The van der Waals surface area contributed by atoms with Gasteiger partial charge in [0.15, 0.2) is 0 Å². The number of anilines is 1. The van der Waals surface area contributed by atoms with E-state index >= 15 is 0 Å². The first-order valence-corrected chi connectivity index (χ1v) is 7.70. The quantitative estimate of drug-likeness (QED) is 0.880. The van der Waals surface area contributed by atoms with Crippen LogP contribution in [-0.4, -0.2) is 44.5 Å². The van der Waals surface area contributed by atoms with E-state index in [4.69, 9.17) is 10.5 Å². The molecular weight excluding hydrogens is 266 g/mol. The molecule has 0 atom stereocenters. The Labute approximate surface area is 113 Å². The average molecular weight is 285 g/mol. The summed E-state index contributed by atoms with van der Waals surface area (Å²) in [5.74, 6) is 0.668. The van der Waals surface area contributed by atoms with E-state index in [-0.39, 0.29) is 4.90 Å². The van der Waals surface area contributed by atoms with Gasteiger partial charge in [-0.05, 0) is 30.9 Å². The molecule has 0 aromatic carbocycles. The van der Waals surface area contributed by atoms with Crippen molar-refractivity contribution in [3.63, 3.8) is 0 Å². The zero-order valence-electron chi connectivity index (χ0n) is 10.9. The molecule has 2 heterocycles. The average Bonchev–Trinajstić information content (AvgIpc) is 2.40. The van der Waals surface area contributed by atoms with Gasteiger partial charge in [0.1, 0.15) is 10.7 Å². The Balaban J connectivity index is 2.07. The fourth-order valence-electron chi connectivity index (χ4n) is 2.11. The highest BCUT2D eigenvalue weighted by molar-refractivity contribution is 7.89. The number of ether oxygens (including phenoxy) is 1. The van der Waals surface area contributed by atoms with Crippen LogP contribution in [0.5, 0.6) is 0 Å². The van der Waals surface area contributed by atoms with Crippen molar-refractivity contribution in [1.29, 1.82) is 0 Å². The second-order valence-electron chi connectivity index (χ2n) is 4.76. The number of nitrogens with two attached hydrogens (primary N) is 1. The summed E-state index contributed by atoms with van der Waals surface area (Å²) in [4.78, 5) is 4.00. The van der Waals surface area contributed by atoms with Crippen LogP contribution in [0.15, 0.2) is 23.2 Å². The molecule has 106 valence electrons. The molecule has 19 heavy (non-hydrogen) atoms. The van der Waals surface area contributed by atoms with Crippen LogP contribution in [-0.2, 0) is 14.8 Å². The van der Waals surface area contributed by atoms with E-state index in [0.29, 0.717) is 31.5 Å². The molecule has 1 aliphatic heterocycles. The monoisotopic (exact) mass is 285 g/mol. The van der Waals surface area contributed by atoms with Crippen LogP contribution in [0.4, 0.5) is 5.82 Å². The smallest absolute Gasteiger partial charge is 0.244 e.